The van der Waals surface area contributed by atoms with Crippen LogP contribution in [-0.2, 0) is 9.53 Å². The molecule has 0 unspecified atom stereocenters. The molecule has 0 spiro atoms. The lowest BCUT2D eigenvalue weighted by Gasteiger charge is -2.05. The zero-order chi connectivity index (χ0) is 21.3. The fourth-order valence-corrected chi connectivity index (χ4v) is 4.18. The number of methoxy groups -OCH3 is 1. The van der Waals surface area contributed by atoms with Crippen molar-refractivity contribution in [1.29, 1.82) is 0 Å². The smallest absolute Gasteiger partial charge is 0.338 e. The number of halogens is 2. The van der Waals surface area contributed by atoms with Gasteiger partial charge in [0.05, 0.1) is 33.1 Å². The maximum absolute atomic E-state index is 12.4. The van der Waals surface area contributed by atoms with E-state index in [1.165, 1.54) is 18.9 Å². The summed E-state index contributed by atoms with van der Waals surface area (Å²) in [5.74, 6) is -0.743. The first-order valence-corrected chi connectivity index (χ1v) is 10.2. The van der Waals surface area contributed by atoms with E-state index in [1.54, 1.807) is 48.7 Å². The summed E-state index contributed by atoms with van der Waals surface area (Å²) < 4.78 is 4.84. The molecule has 0 aliphatic carbocycles. The minimum atomic E-state index is -0.453. The van der Waals surface area contributed by atoms with Crippen LogP contribution in [0.3, 0.4) is 0 Å². The zero-order valence-corrected chi connectivity index (χ0v) is 17.8. The lowest BCUT2D eigenvalue weighted by Crippen LogP contribution is -2.19. The monoisotopic (exact) mass is 457 g/mol. The van der Waals surface area contributed by atoms with Crippen LogP contribution in [0.2, 0.25) is 10.0 Å². The first kappa shape index (κ1) is 20.4. The van der Waals surface area contributed by atoms with Crippen molar-refractivity contribution in [2.24, 2.45) is 4.99 Å². The van der Waals surface area contributed by atoms with Crippen molar-refractivity contribution in [2.45, 2.75) is 0 Å². The van der Waals surface area contributed by atoms with E-state index in [9.17, 15) is 9.59 Å². The van der Waals surface area contributed by atoms with E-state index in [4.69, 9.17) is 27.9 Å². The van der Waals surface area contributed by atoms with Gasteiger partial charge in [-0.2, -0.15) is 0 Å². The second-order valence-electron chi connectivity index (χ2n) is 6.18. The Morgan fingerprint density at radius 1 is 1.20 bits per heavy atom. The molecule has 4 rings (SSSR count). The summed E-state index contributed by atoms with van der Waals surface area (Å²) in [6.45, 7) is 0. The molecule has 1 fully saturated rings. The van der Waals surface area contributed by atoms with Crippen molar-refractivity contribution in [3.8, 4) is 0 Å². The standard InChI is InChI=1S/C21H13Cl2N3O3S/c1-29-20(28)12-7-8-24-16-6-5-11(9-13(12)16)10-17-19(27)26-21(30-17)25-18-14(22)3-2-4-15(18)23/h2-10H,1H3,(H,25,26,27)/b17-10+. The highest BCUT2D eigenvalue weighted by Gasteiger charge is 2.24. The Labute approximate surface area is 185 Å². The summed E-state index contributed by atoms with van der Waals surface area (Å²) in [4.78, 5) is 33.5. The highest BCUT2D eigenvalue weighted by atomic mass is 35.5. The molecule has 2 aromatic carbocycles. The average molecular weight is 458 g/mol. The number of esters is 1. The van der Waals surface area contributed by atoms with Gasteiger partial charge in [0.15, 0.2) is 5.17 Å². The van der Waals surface area contributed by atoms with Crippen LogP contribution in [0.5, 0.6) is 0 Å². The number of carbonyl (C=O) groups is 2. The number of amidine groups is 1. The minimum absolute atomic E-state index is 0.290. The topological polar surface area (TPSA) is 80.7 Å². The molecule has 1 aliphatic rings. The lowest BCUT2D eigenvalue weighted by atomic mass is 10.1. The number of aliphatic imine (C=N–C) groups is 1. The summed E-state index contributed by atoms with van der Waals surface area (Å²) in [7, 11) is 1.33. The molecular weight excluding hydrogens is 445 g/mol. The molecule has 30 heavy (non-hydrogen) atoms. The molecule has 9 heteroatoms. The fraction of sp³-hybridized carbons (Fsp3) is 0.0476. The number of aromatic nitrogens is 1. The number of para-hydroxylation sites is 1. The van der Waals surface area contributed by atoms with Crippen LogP contribution in [-0.4, -0.2) is 29.1 Å². The van der Waals surface area contributed by atoms with Crippen LogP contribution < -0.4 is 5.32 Å². The van der Waals surface area contributed by atoms with Gasteiger partial charge < -0.3 is 10.1 Å². The van der Waals surface area contributed by atoms with E-state index >= 15 is 0 Å². The Balaban J connectivity index is 1.68. The zero-order valence-electron chi connectivity index (χ0n) is 15.5. The number of benzene rings is 2. The Morgan fingerprint density at radius 3 is 2.70 bits per heavy atom. The molecule has 0 radical (unpaired) electrons. The van der Waals surface area contributed by atoms with Gasteiger partial charge in [0, 0.05) is 11.6 Å². The molecule has 1 N–H and O–H groups in total. The van der Waals surface area contributed by atoms with E-state index in [0.29, 0.717) is 42.3 Å². The van der Waals surface area contributed by atoms with Gasteiger partial charge >= 0.3 is 5.97 Å². The van der Waals surface area contributed by atoms with Crippen LogP contribution in [0, 0.1) is 0 Å². The van der Waals surface area contributed by atoms with Crippen molar-refractivity contribution in [2.75, 3.05) is 7.11 Å². The molecule has 0 bridgehead atoms. The summed E-state index contributed by atoms with van der Waals surface area (Å²) in [6, 6.07) is 12.1. The largest absolute Gasteiger partial charge is 0.465 e. The quantitative estimate of drug-likeness (QED) is 0.430. The van der Waals surface area contributed by atoms with Crippen LogP contribution in [0.15, 0.2) is 58.6 Å². The number of amides is 1. The van der Waals surface area contributed by atoms with Gasteiger partial charge in [-0.1, -0.05) is 35.3 Å². The van der Waals surface area contributed by atoms with Crippen LogP contribution >= 0.6 is 35.0 Å². The number of pyridine rings is 1. The number of nitrogens with zero attached hydrogens (tertiary/aromatic N) is 2. The van der Waals surface area contributed by atoms with Crippen molar-refractivity contribution in [3.63, 3.8) is 0 Å². The first-order valence-electron chi connectivity index (χ1n) is 8.67. The van der Waals surface area contributed by atoms with Crippen molar-refractivity contribution in [1.82, 2.24) is 10.3 Å². The van der Waals surface area contributed by atoms with Crippen LogP contribution in [0.1, 0.15) is 15.9 Å². The Morgan fingerprint density at radius 2 is 1.97 bits per heavy atom. The normalized spacial score (nSPS) is 16.3. The second kappa shape index (κ2) is 8.47. The minimum Gasteiger partial charge on any atom is -0.465 e. The molecule has 0 saturated carbocycles. The van der Waals surface area contributed by atoms with Gasteiger partial charge in [-0.05, 0) is 53.7 Å². The van der Waals surface area contributed by atoms with Crippen molar-refractivity contribution in [3.05, 3.63) is 74.7 Å². The van der Waals surface area contributed by atoms with Gasteiger partial charge in [-0.3, -0.25) is 9.78 Å². The molecule has 0 atom stereocenters. The van der Waals surface area contributed by atoms with E-state index in [2.05, 4.69) is 15.3 Å². The summed E-state index contributed by atoms with van der Waals surface area (Å²) in [6.07, 6.45) is 3.26. The van der Waals surface area contributed by atoms with Gasteiger partial charge in [-0.15, -0.1) is 0 Å². The number of fused-ring (bicyclic) bond motifs is 1. The van der Waals surface area contributed by atoms with Gasteiger partial charge in [0.1, 0.15) is 5.69 Å². The Kier molecular flexibility index (Phi) is 5.76. The molecule has 6 nitrogen and oxygen atoms in total. The summed E-state index contributed by atoms with van der Waals surface area (Å²) >= 11 is 13.5. The van der Waals surface area contributed by atoms with Crippen molar-refractivity contribution < 1.29 is 14.3 Å². The second-order valence-corrected chi connectivity index (χ2v) is 8.02. The number of carbonyl (C=O) groups excluding carboxylic acids is 2. The number of nitrogens with one attached hydrogen (secondary N) is 1. The molecule has 3 aromatic rings. The molecule has 1 aromatic heterocycles. The van der Waals surface area contributed by atoms with E-state index < -0.39 is 5.97 Å². The first-order chi connectivity index (χ1) is 14.5. The molecule has 1 aliphatic heterocycles. The van der Waals surface area contributed by atoms with Gasteiger partial charge in [0.25, 0.3) is 5.91 Å². The number of thioether (sulfide) groups is 1. The third-order valence-electron chi connectivity index (χ3n) is 4.27. The lowest BCUT2D eigenvalue weighted by molar-refractivity contribution is -0.115. The van der Waals surface area contributed by atoms with E-state index in [1.807, 2.05) is 6.07 Å². The Bertz CT molecular complexity index is 1240. The predicted molar refractivity (Wildman–Crippen MR) is 120 cm³/mol. The molecule has 150 valence electrons. The average Bonchev–Trinajstić information content (AvgIpc) is 3.08. The number of ether oxygens (including phenoxy) is 1. The summed E-state index contributed by atoms with van der Waals surface area (Å²) in [5.41, 5.74) is 2.18. The van der Waals surface area contributed by atoms with Crippen LogP contribution in [0.25, 0.3) is 17.0 Å². The third kappa shape index (κ3) is 4.05. The number of hydrogen-bond donors (Lipinski definition) is 1. The van der Waals surface area contributed by atoms with Gasteiger partial charge in [0.2, 0.25) is 0 Å². The van der Waals surface area contributed by atoms with E-state index in [0.717, 1.165) is 5.56 Å². The van der Waals surface area contributed by atoms with Gasteiger partial charge in [-0.25, -0.2) is 9.79 Å². The molecular formula is C21H13Cl2N3O3S. The SMILES string of the molecule is COC(=O)c1ccnc2ccc(/C=C3/SC(=Nc4c(Cl)cccc4Cl)NC3=O)cc12. The predicted octanol–water partition coefficient (Wildman–Crippen LogP) is 5.22. The third-order valence-corrected chi connectivity index (χ3v) is 5.79. The highest BCUT2D eigenvalue weighted by Crippen LogP contribution is 2.35. The number of hydrogen-bond acceptors (Lipinski definition) is 6. The summed E-state index contributed by atoms with van der Waals surface area (Å²) in [5, 5.41) is 4.49. The molecule has 1 amide bonds. The maximum atomic E-state index is 12.4. The highest BCUT2D eigenvalue weighted by molar-refractivity contribution is 8.18. The molecule has 2 heterocycles. The molecule has 1 saturated heterocycles. The fourth-order valence-electron chi connectivity index (χ4n) is 2.87. The maximum Gasteiger partial charge on any atom is 0.338 e. The Hall–Kier alpha value is -2.87. The van der Waals surface area contributed by atoms with E-state index in [-0.39, 0.29) is 5.91 Å². The van der Waals surface area contributed by atoms with Crippen LogP contribution in [0.4, 0.5) is 5.69 Å². The van der Waals surface area contributed by atoms with Crippen molar-refractivity contribution >= 4 is 74.7 Å². The number of rotatable bonds is 3.